The predicted molar refractivity (Wildman–Crippen MR) is 125 cm³/mol. The number of ketones is 1. The van der Waals surface area contributed by atoms with Gasteiger partial charge >= 0.3 is 0 Å². The highest BCUT2D eigenvalue weighted by atomic mass is 35.5. The lowest BCUT2D eigenvalue weighted by atomic mass is 10.0. The summed E-state index contributed by atoms with van der Waals surface area (Å²) in [6.07, 6.45) is 1.35. The van der Waals surface area contributed by atoms with Crippen molar-refractivity contribution >= 4 is 40.0 Å². The Labute approximate surface area is 193 Å². The van der Waals surface area contributed by atoms with Crippen LogP contribution in [-0.4, -0.2) is 21.2 Å². The Balaban J connectivity index is 1.75. The van der Waals surface area contributed by atoms with Crippen LogP contribution in [0.25, 0.3) is 11.0 Å². The number of fused-ring (bicyclic) bond motifs is 1. The van der Waals surface area contributed by atoms with Crippen LogP contribution in [0, 0.1) is 19.7 Å². The molecule has 33 heavy (non-hydrogen) atoms. The van der Waals surface area contributed by atoms with Gasteiger partial charge in [0.25, 0.3) is 0 Å². The number of hydrogen-bond acceptors (Lipinski definition) is 4. The number of carbonyl (C=O) groups is 2. The van der Waals surface area contributed by atoms with Gasteiger partial charge in [0, 0.05) is 28.2 Å². The molecule has 0 spiro atoms. The van der Waals surface area contributed by atoms with Gasteiger partial charge in [-0.3, -0.25) is 14.4 Å². The van der Waals surface area contributed by atoms with E-state index in [-0.39, 0.29) is 29.0 Å². The van der Waals surface area contributed by atoms with E-state index in [1.165, 1.54) is 41.1 Å². The molecule has 0 aliphatic rings. The summed E-state index contributed by atoms with van der Waals surface area (Å²) in [5.74, 6) is -1.27. The van der Waals surface area contributed by atoms with E-state index in [2.05, 4.69) is 10.3 Å². The third-order valence-corrected chi connectivity index (χ3v) is 5.42. The average molecular weight is 464 g/mol. The highest BCUT2D eigenvalue weighted by molar-refractivity contribution is 6.30. The van der Waals surface area contributed by atoms with E-state index in [9.17, 15) is 18.8 Å². The third kappa shape index (κ3) is 4.68. The number of nitrogens with zero attached hydrogens (tertiary/aromatic N) is 2. The zero-order chi connectivity index (χ0) is 23.7. The highest BCUT2D eigenvalue weighted by Gasteiger charge is 2.19. The van der Waals surface area contributed by atoms with Gasteiger partial charge in [0.2, 0.25) is 11.3 Å². The van der Waals surface area contributed by atoms with Crippen LogP contribution in [-0.2, 0) is 11.3 Å². The minimum atomic E-state index is -0.484. The maximum atomic E-state index is 13.5. The maximum Gasteiger partial charge on any atom is 0.244 e. The van der Waals surface area contributed by atoms with Crippen molar-refractivity contribution in [3.05, 3.63) is 104 Å². The van der Waals surface area contributed by atoms with E-state index in [1.54, 1.807) is 38.1 Å². The SMILES string of the molecule is Cc1ccc2c(=O)c(C(=O)c3ccc(Cl)cc3)cn(CC(=O)Nc3ccc(F)c(C)c3)c2n1. The second kappa shape index (κ2) is 8.96. The summed E-state index contributed by atoms with van der Waals surface area (Å²) < 4.78 is 15.0. The summed E-state index contributed by atoms with van der Waals surface area (Å²) in [5, 5.41) is 3.40. The quantitative estimate of drug-likeness (QED) is 0.436. The van der Waals surface area contributed by atoms with Gasteiger partial charge < -0.3 is 9.88 Å². The van der Waals surface area contributed by atoms with Crippen molar-refractivity contribution in [2.45, 2.75) is 20.4 Å². The molecule has 1 amide bonds. The molecule has 0 bridgehead atoms. The minimum Gasteiger partial charge on any atom is -0.325 e. The minimum absolute atomic E-state index is 0.0825. The number of amides is 1. The molecule has 1 N–H and O–H groups in total. The summed E-state index contributed by atoms with van der Waals surface area (Å²) in [6.45, 7) is 3.16. The molecule has 2 heterocycles. The Kier molecular flexibility index (Phi) is 6.07. The molecule has 0 saturated carbocycles. The first-order chi connectivity index (χ1) is 15.7. The fourth-order valence-corrected chi connectivity index (χ4v) is 3.60. The fourth-order valence-electron chi connectivity index (χ4n) is 3.48. The molecule has 0 aliphatic heterocycles. The average Bonchev–Trinajstić information content (AvgIpc) is 2.78. The molecule has 0 radical (unpaired) electrons. The number of rotatable bonds is 5. The number of pyridine rings is 2. The van der Waals surface area contributed by atoms with Crippen LogP contribution in [0.4, 0.5) is 10.1 Å². The molecule has 0 atom stereocenters. The van der Waals surface area contributed by atoms with Gasteiger partial charge in [0.15, 0.2) is 5.78 Å². The van der Waals surface area contributed by atoms with Crippen molar-refractivity contribution in [1.29, 1.82) is 0 Å². The van der Waals surface area contributed by atoms with Gasteiger partial charge in [0.05, 0.1) is 10.9 Å². The summed E-state index contributed by atoms with van der Waals surface area (Å²) in [5.41, 5.74) is 1.53. The van der Waals surface area contributed by atoms with Crippen LogP contribution in [0.3, 0.4) is 0 Å². The molecule has 4 aromatic rings. The highest BCUT2D eigenvalue weighted by Crippen LogP contribution is 2.17. The Morgan fingerprint density at radius 1 is 1.06 bits per heavy atom. The molecule has 4 rings (SSSR count). The van der Waals surface area contributed by atoms with E-state index >= 15 is 0 Å². The largest absolute Gasteiger partial charge is 0.325 e. The second-order valence-electron chi connectivity index (χ2n) is 7.67. The number of hydrogen-bond donors (Lipinski definition) is 1. The molecule has 6 nitrogen and oxygen atoms in total. The normalized spacial score (nSPS) is 10.9. The van der Waals surface area contributed by atoms with E-state index < -0.39 is 17.1 Å². The van der Waals surface area contributed by atoms with Crippen LogP contribution < -0.4 is 10.7 Å². The Hall–Kier alpha value is -3.84. The van der Waals surface area contributed by atoms with Gasteiger partial charge in [-0.2, -0.15) is 0 Å². The smallest absolute Gasteiger partial charge is 0.244 e. The molecule has 8 heteroatoms. The molecular formula is C25H19ClFN3O3. The number of anilines is 1. The summed E-state index contributed by atoms with van der Waals surface area (Å²) >= 11 is 5.90. The molecular weight excluding hydrogens is 445 g/mol. The zero-order valence-electron chi connectivity index (χ0n) is 17.9. The van der Waals surface area contributed by atoms with Crippen LogP contribution in [0.15, 0.2) is 65.6 Å². The predicted octanol–water partition coefficient (Wildman–Crippen LogP) is 4.68. The first-order valence-corrected chi connectivity index (χ1v) is 10.5. The Bertz CT molecular complexity index is 1460. The van der Waals surface area contributed by atoms with E-state index in [0.29, 0.717) is 27.5 Å². The van der Waals surface area contributed by atoms with Crippen molar-refractivity contribution in [2.24, 2.45) is 0 Å². The van der Waals surface area contributed by atoms with Crippen molar-refractivity contribution in [3.63, 3.8) is 0 Å². The van der Waals surface area contributed by atoms with Crippen molar-refractivity contribution in [3.8, 4) is 0 Å². The van der Waals surface area contributed by atoms with Crippen LogP contribution in [0.5, 0.6) is 0 Å². The van der Waals surface area contributed by atoms with Gasteiger partial charge in [-0.25, -0.2) is 9.37 Å². The zero-order valence-corrected chi connectivity index (χ0v) is 18.6. The van der Waals surface area contributed by atoms with Gasteiger partial charge in [-0.05, 0) is 74.0 Å². The van der Waals surface area contributed by atoms with Crippen LogP contribution in [0.2, 0.25) is 5.02 Å². The lowest BCUT2D eigenvalue weighted by molar-refractivity contribution is -0.116. The number of halogens is 2. The standard InChI is InChI=1S/C25H19ClFN3O3/c1-14-11-18(8-10-21(14)27)29-22(31)13-30-12-20(23(32)16-4-6-17(26)7-5-16)24(33)19-9-3-15(2)28-25(19)30/h3-12H,13H2,1-2H3,(H,29,31). The van der Waals surface area contributed by atoms with E-state index in [4.69, 9.17) is 11.6 Å². The number of carbonyl (C=O) groups excluding carboxylic acids is 2. The lowest BCUT2D eigenvalue weighted by Crippen LogP contribution is -2.25. The van der Waals surface area contributed by atoms with Crippen molar-refractivity contribution in [2.75, 3.05) is 5.32 Å². The van der Waals surface area contributed by atoms with Crippen LogP contribution in [0.1, 0.15) is 27.2 Å². The third-order valence-electron chi connectivity index (χ3n) is 5.17. The molecule has 2 aromatic carbocycles. The van der Waals surface area contributed by atoms with Gasteiger partial charge in [-0.1, -0.05) is 11.6 Å². The van der Waals surface area contributed by atoms with Crippen molar-refractivity contribution < 1.29 is 14.0 Å². The van der Waals surface area contributed by atoms with E-state index in [0.717, 1.165) is 0 Å². The molecule has 0 aliphatic carbocycles. The summed E-state index contributed by atoms with van der Waals surface area (Å²) in [6, 6.07) is 13.7. The topological polar surface area (TPSA) is 81.1 Å². The first kappa shape index (κ1) is 22.4. The number of aromatic nitrogens is 2. The Morgan fingerprint density at radius 3 is 2.48 bits per heavy atom. The Morgan fingerprint density at radius 2 is 1.79 bits per heavy atom. The monoisotopic (exact) mass is 463 g/mol. The van der Waals surface area contributed by atoms with E-state index in [1.807, 2.05) is 0 Å². The van der Waals surface area contributed by atoms with Gasteiger partial charge in [0.1, 0.15) is 18.0 Å². The number of aryl methyl sites for hydroxylation is 2. The second-order valence-corrected chi connectivity index (χ2v) is 8.11. The fraction of sp³-hybridized carbons (Fsp3) is 0.120. The molecule has 0 unspecified atom stereocenters. The number of benzene rings is 2. The summed E-state index contributed by atoms with van der Waals surface area (Å²) in [7, 11) is 0. The van der Waals surface area contributed by atoms with Crippen molar-refractivity contribution in [1.82, 2.24) is 9.55 Å². The molecule has 0 fully saturated rings. The first-order valence-electron chi connectivity index (χ1n) is 10.1. The molecule has 0 saturated heterocycles. The van der Waals surface area contributed by atoms with Gasteiger partial charge in [-0.15, -0.1) is 0 Å². The molecule has 2 aromatic heterocycles. The number of nitrogens with one attached hydrogen (secondary N) is 1. The van der Waals surface area contributed by atoms with Crippen LogP contribution >= 0.6 is 11.6 Å². The molecule has 166 valence electrons. The summed E-state index contributed by atoms with van der Waals surface area (Å²) in [4.78, 5) is 43.3. The lowest BCUT2D eigenvalue weighted by Gasteiger charge is -2.13. The maximum absolute atomic E-state index is 13.5.